The molecule has 0 saturated carbocycles. The fourth-order valence-electron chi connectivity index (χ4n) is 1.93. The first-order valence-corrected chi connectivity index (χ1v) is 8.80. The largest absolute Gasteiger partial charge is 0.346 e. The Bertz CT molecular complexity index is 789. The molecule has 2 rings (SSSR count). The second-order valence-corrected chi connectivity index (χ2v) is 7.30. The number of carbonyl (C=O) groups excluding carboxylic acids is 1. The molecule has 2 aromatic carbocycles. The summed E-state index contributed by atoms with van der Waals surface area (Å²) in [6, 6.07) is 13.0. The molecule has 0 aromatic heterocycles. The van der Waals surface area contributed by atoms with E-state index < -0.39 is 10.0 Å². The van der Waals surface area contributed by atoms with Crippen molar-refractivity contribution in [1.82, 2.24) is 5.32 Å². The van der Waals surface area contributed by atoms with Crippen molar-refractivity contribution in [3.05, 3.63) is 64.1 Å². The Hall–Kier alpha value is -1.70. The first-order chi connectivity index (χ1) is 10.3. The minimum atomic E-state index is -3.83. The first-order valence-electron chi connectivity index (χ1n) is 6.46. The van der Waals surface area contributed by atoms with Gasteiger partial charge in [0.05, 0.1) is 10.9 Å². The van der Waals surface area contributed by atoms with E-state index in [2.05, 4.69) is 21.2 Å². The number of sulfonamides is 1. The Morgan fingerprint density at radius 2 is 1.82 bits per heavy atom. The molecule has 22 heavy (non-hydrogen) atoms. The molecule has 0 heterocycles. The van der Waals surface area contributed by atoms with Crippen molar-refractivity contribution in [3.63, 3.8) is 0 Å². The standard InChI is InChI=1S/C15H15BrN2O3S/c1-10(11-5-7-13(16)8-6-11)18-15(19)12-3-2-4-14(9-12)22(17,20)21/h2-10H,1H3,(H,18,19)(H2,17,20,21). The van der Waals surface area contributed by atoms with Crippen LogP contribution in [0.15, 0.2) is 57.9 Å². The van der Waals surface area contributed by atoms with Crippen molar-refractivity contribution >= 4 is 31.9 Å². The summed E-state index contributed by atoms with van der Waals surface area (Å²) >= 11 is 3.35. The normalized spacial score (nSPS) is 12.7. The highest BCUT2D eigenvalue weighted by Gasteiger charge is 2.14. The second kappa shape index (κ2) is 6.60. The van der Waals surface area contributed by atoms with Crippen LogP contribution in [0.5, 0.6) is 0 Å². The summed E-state index contributed by atoms with van der Waals surface area (Å²) < 4.78 is 23.6. The first kappa shape index (κ1) is 16.7. The monoisotopic (exact) mass is 382 g/mol. The van der Waals surface area contributed by atoms with Crippen LogP contribution in [0.25, 0.3) is 0 Å². The molecule has 0 saturated heterocycles. The predicted octanol–water partition coefficient (Wildman–Crippen LogP) is 2.59. The van der Waals surface area contributed by atoms with Gasteiger partial charge in [-0.25, -0.2) is 13.6 Å². The van der Waals surface area contributed by atoms with Crippen LogP contribution in [0.3, 0.4) is 0 Å². The molecule has 1 amide bonds. The molecule has 7 heteroatoms. The quantitative estimate of drug-likeness (QED) is 0.851. The molecular formula is C15H15BrN2O3S. The van der Waals surface area contributed by atoms with Crippen LogP contribution in [-0.4, -0.2) is 14.3 Å². The number of amides is 1. The lowest BCUT2D eigenvalue weighted by Crippen LogP contribution is -2.27. The summed E-state index contributed by atoms with van der Waals surface area (Å²) in [5.41, 5.74) is 1.19. The molecule has 116 valence electrons. The lowest BCUT2D eigenvalue weighted by atomic mass is 10.1. The number of carbonyl (C=O) groups is 1. The van der Waals surface area contributed by atoms with Crippen LogP contribution in [0, 0.1) is 0 Å². The summed E-state index contributed by atoms with van der Waals surface area (Å²) in [5, 5.41) is 7.89. The van der Waals surface area contributed by atoms with Crippen molar-refractivity contribution in [2.24, 2.45) is 5.14 Å². The molecule has 0 radical (unpaired) electrons. The topological polar surface area (TPSA) is 89.3 Å². The Morgan fingerprint density at radius 3 is 2.41 bits per heavy atom. The van der Waals surface area contributed by atoms with E-state index in [4.69, 9.17) is 5.14 Å². The number of nitrogens with two attached hydrogens (primary N) is 1. The number of hydrogen-bond acceptors (Lipinski definition) is 3. The maximum atomic E-state index is 12.2. The van der Waals surface area contributed by atoms with Gasteiger partial charge in [0.1, 0.15) is 0 Å². The minimum Gasteiger partial charge on any atom is -0.346 e. The lowest BCUT2D eigenvalue weighted by Gasteiger charge is -2.14. The number of rotatable bonds is 4. The molecule has 0 aliphatic carbocycles. The molecule has 0 bridgehead atoms. The Kier molecular flexibility index (Phi) is 5.00. The second-order valence-electron chi connectivity index (χ2n) is 4.82. The molecule has 5 nitrogen and oxygen atoms in total. The molecule has 0 spiro atoms. The van der Waals surface area contributed by atoms with E-state index in [-0.39, 0.29) is 22.4 Å². The Labute approximate surface area is 137 Å². The maximum absolute atomic E-state index is 12.2. The van der Waals surface area contributed by atoms with E-state index in [0.29, 0.717) is 0 Å². The number of nitrogens with one attached hydrogen (secondary N) is 1. The van der Waals surface area contributed by atoms with Crippen molar-refractivity contribution in [1.29, 1.82) is 0 Å². The summed E-state index contributed by atoms with van der Waals surface area (Å²) in [6.07, 6.45) is 0. The third kappa shape index (κ3) is 4.16. The summed E-state index contributed by atoms with van der Waals surface area (Å²) in [6.45, 7) is 1.85. The Balaban J connectivity index is 2.17. The fraction of sp³-hybridized carbons (Fsp3) is 0.133. The molecule has 2 aromatic rings. The van der Waals surface area contributed by atoms with Gasteiger partial charge in [-0.15, -0.1) is 0 Å². The molecule has 1 unspecified atom stereocenters. The van der Waals surface area contributed by atoms with Crippen molar-refractivity contribution in [3.8, 4) is 0 Å². The van der Waals surface area contributed by atoms with E-state index in [0.717, 1.165) is 10.0 Å². The van der Waals surface area contributed by atoms with Crippen LogP contribution in [0.4, 0.5) is 0 Å². The van der Waals surface area contributed by atoms with Crippen molar-refractivity contribution in [2.75, 3.05) is 0 Å². The lowest BCUT2D eigenvalue weighted by molar-refractivity contribution is 0.0939. The zero-order chi connectivity index (χ0) is 16.3. The fourth-order valence-corrected chi connectivity index (χ4v) is 2.75. The molecule has 0 aliphatic heterocycles. The molecule has 0 fully saturated rings. The van der Waals surface area contributed by atoms with Gasteiger partial charge in [-0.2, -0.15) is 0 Å². The minimum absolute atomic E-state index is 0.0866. The van der Waals surface area contributed by atoms with Gasteiger partial charge in [0.25, 0.3) is 5.91 Å². The zero-order valence-corrected chi connectivity index (χ0v) is 14.2. The molecule has 3 N–H and O–H groups in total. The number of halogens is 1. The van der Waals surface area contributed by atoms with E-state index >= 15 is 0 Å². The van der Waals surface area contributed by atoms with Gasteiger partial charge in [0.15, 0.2) is 0 Å². The summed E-state index contributed by atoms with van der Waals surface area (Å²) in [5.74, 6) is -0.360. The highest BCUT2D eigenvalue weighted by atomic mass is 79.9. The number of hydrogen-bond donors (Lipinski definition) is 2. The average Bonchev–Trinajstić information content (AvgIpc) is 2.47. The van der Waals surface area contributed by atoms with Gasteiger partial charge < -0.3 is 5.32 Å². The summed E-state index contributed by atoms with van der Waals surface area (Å²) in [4.78, 5) is 12.1. The third-order valence-electron chi connectivity index (χ3n) is 3.14. The van der Waals surface area contributed by atoms with Crippen LogP contribution in [-0.2, 0) is 10.0 Å². The zero-order valence-electron chi connectivity index (χ0n) is 11.8. The SMILES string of the molecule is CC(NC(=O)c1cccc(S(N)(=O)=O)c1)c1ccc(Br)cc1. The highest BCUT2D eigenvalue weighted by Crippen LogP contribution is 2.17. The van der Waals surface area contributed by atoms with Gasteiger partial charge >= 0.3 is 0 Å². The van der Waals surface area contributed by atoms with Crippen LogP contribution in [0.1, 0.15) is 28.9 Å². The van der Waals surface area contributed by atoms with Crippen molar-refractivity contribution in [2.45, 2.75) is 17.9 Å². The average molecular weight is 383 g/mol. The Morgan fingerprint density at radius 1 is 1.18 bits per heavy atom. The molecular weight excluding hydrogens is 368 g/mol. The van der Waals surface area contributed by atoms with Crippen LogP contribution < -0.4 is 10.5 Å². The third-order valence-corrected chi connectivity index (χ3v) is 4.58. The van der Waals surface area contributed by atoms with E-state index in [1.807, 2.05) is 31.2 Å². The predicted molar refractivity (Wildman–Crippen MR) is 87.8 cm³/mol. The van der Waals surface area contributed by atoms with Gasteiger partial charge in [0.2, 0.25) is 10.0 Å². The highest BCUT2D eigenvalue weighted by molar-refractivity contribution is 9.10. The summed E-state index contributed by atoms with van der Waals surface area (Å²) in [7, 11) is -3.83. The molecule has 1 atom stereocenters. The van der Waals surface area contributed by atoms with Crippen LogP contribution >= 0.6 is 15.9 Å². The number of benzene rings is 2. The maximum Gasteiger partial charge on any atom is 0.251 e. The van der Waals surface area contributed by atoms with E-state index in [9.17, 15) is 13.2 Å². The van der Waals surface area contributed by atoms with Gasteiger partial charge in [-0.3, -0.25) is 4.79 Å². The van der Waals surface area contributed by atoms with Gasteiger partial charge in [0, 0.05) is 10.0 Å². The number of primary sulfonamides is 1. The van der Waals surface area contributed by atoms with Gasteiger partial charge in [-0.1, -0.05) is 34.1 Å². The van der Waals surface area contributed by atoms with Gasteiger partial charge in [-0.05, 0) is 42.8 Å². The van der Waals surface area contributed by atoms with Crippen molar-refractivity contribution < 1.29 is 13.2 Å². The van der Waals surface area contributed by atoms with E-state index in [1.165, 1.54) is 24.3 Å². The smallest absolute Gasteiger partial charge is 0.251 e. The van der Waals surface area contributed by atoms with Crippen LogP contribution in [0.2, 0.25) is 0 Å². The molecule has 0 aliphatic rings. The van der Waals surface area contributed by atoms with E-state index in [1.54, 1.807) is 0 Å².